The molecule has 6 aliphatic rings. The molecule has 6 unspecified atom stereocenters. The van der Waals surface area contributed by atoms with Crippen molar-refractivity contribution in [1.29, 1.82) is 0 Å². The molecule has 61 heavy (non-hydrogen) atoms. The van der Waals surface area contributed by atoms with Crippen molar-refractivity contribution in [3.63, 3.8) is 0 Å². The number of nitrogens with two attached hydrogens (primary N) is 2. The van der Waals surface area contributed by atoms with Crippen LogP contribution < -0.4 is 48.3 Å². The Morgan fingerprint density at radius 3 is 2.48 bits per heavy atom. The second-order valence-corrected chi connectivity index (χ2v) is 18.0. The highest BCUT2D eigenvalue weighted by molar-refractivity contribution is 8.04. The van der Waals surface area contributed by atoms with E-state index in [4.69, 9.17) is 16.2 Å². The zero-order chi connectivity index (χ0) is 43.3. The molecule has 6 aliphatic heterocycles. The van der Waals surface area contributed by atoms with E-state index >= 15 is 0 Å². The van der Waals surface area contributed by atoms with Crippen LogP contribution in [0.2, 0.25) is 0 Å². The Kier molecular flexibility index (Phi) is 13.5. The van der Waals surface area contributed by atoms with Crippen LogP contribution in [-0.4, -0.2) is 141 Å². The van der Waals surface area contributed by atoms with Crippen molar-refractivity contribution < 1.29 is 43.7 Å². The number of imide groups is 1. The van der Waals surface area contributed by atoms with E-state index in [0.29, 0.717) is 54.7 Å². The molecule has 3 fully saturated rings. The molecule has 1 spiro atoms. The van der Waals surface area contributed by atoms with E-state index in [0.717, 1.165) is 42.8 Å². The summed E-state index contributed by atoms with van der Waals surface area (Å²) in [6.45, 7) is 0.762. The number of ether oxygens (including phenoxy) is 1. The van der Waals surface area contributed by atoms with Crippen LogP contribution in [0.1, 0.15) is 57.8 Å². The Bertz CT molecular complexity index is 1980. The van der Waals surface area contributed by atoms with Gasteiger partial charge in [0.05, 0.1) is 22.7 Å². The highest BCUT2D eigenvalue weighted by atomic mass is 32.2. The number of aliphatic hydroxyl groups is 2. The molecular formula is C38H52N12O9S2. The molecule has 0 aliphatic carbocycles. The lowest BCUT2D eigenvalue weighted by atomic mass is 9.87. The average molecular weight is 885 g/mol. The maximum absolute atomic E-state index is 13.1. The molecule has 0 saturated carbocycles. The number of thioether (sulfide) groups is 2. The predicted octanol–water partition coefficient (Wildman–Crippen LogP) is -0.690. The number of nitrogens with zero attached hydrogens (tertiary/aromatic N) is 4. The van der Waals surface area contributed by atoms with Crippen molar-refractivity contribution in [1.82, 2.24) is 31.5 Å². The molecule has 0 bridgehead atoms. The molecule has 1 aromatic rings. The summed E-state index contributed by atoms with van der Waals surface area (Å²) in [5.74, 6) is -2.05. The Balaban J connectivity index is 0.736. The number of urea groups is 1. The van der Waals surface area contributed by atoms with Crippen molar-refractivity contribution >= 4 is 82.6 Å². The number of rotatable bonds is 19. The highest BCUT2D eigenvalue weighted by Gasteiger charge is 2.69. The fourth-order valence-electron chi connectivity index (χ4n) is 8.48. The van der Waals surface area contributed by atoms with Crippen molar-refractivity contribution in [2.75, 3.05) is 48.0 Å². The molecule has 6 heterocycles. The van der Waals surface area contributed by atoms with E-state index in [-0.39, 0.29) is 66.3 Å². The number of benzene rings is 1. The fourth-order valence-corrected chi connectivity index (χ4v) is 10.8. The molecule has 7 rings (SSSR count). The number of carbonyl (C=O) groups is 6. The summed E-state index contributed by atoms with van der Waals surface area (Å²) in [6.07, 6.45) is 6.14. The smallest absolute Gasteiger partial charge is 0.411 e. The van der Waals surface area contributed by atoms with Crippen LogP contribution in [0.25, 0.3) is 0 Å². The lowest BCUT2D eigenvalue weighted by molar-refractivity contribution is -0.221. The van der Waals surface area contributed by atoms with Gasteiger partial charge in [0.15, 0.2) is 17.6 Å². The Morgan fingerprint density at radius 1 is 0.967 bits per heavy atom. The molecule has 0 radical (unpaired) electrons. The third kappa shape index (κ3) is 9.63. The standard InChI is InChI=1S/C38H52N12O9S2/c39-33-47-31-23(44-34(40)49-16-13-37(57,58)38(31,49)48-33)19-59-36(56)43-21-9-11-22(12-10-21)50-29(53)18-26(32(50)54)60-17-15-42-28(52)7-2-1-5-14-41-27(51)8-4-3-6-25-30-24(20-61-25)45-35(55)46-30/h9-12,18,23-25,30-31,57-58H,1-8,13-17,19-20H2,(H2,40,44)(H,41,51)(H,42,52)(H,43,56)(H3,39,47,48)(H2,45,46,55). The number of hydrogen-bond acceptors (Lipinski definition) is 17. The summed E-state index contributed by atoms with van der Waals surface area (Å²) in [5, 5.41) is 39.1. The fraction of sp³-hybridized carbons (Fsp3) is 0.579. The van der Waals surface area contributed by atoms with Gasteiger partial charge in [0.1, 0.15) is 18.7 Å². The minimum Gasteiger partial charge on any atom is -0.447 e. The SMILES string of the molecule is NC1=NC2C(COC(=O)Nc3ccc(N4C(=O)C=C(SCCNC(=O)CCCCCNC(=O)CCCCC5SCC6NC(=O)NC65)C4=O)cc3)N=C(N)N3CCC(O)(O)C23N1. The van der Waals surface area contributed by atoms with E-state index in [9.17, 15) is 39.0 Å². The molecule has 7 amide bonds. The van der Waals surface area contributed by atoms with Gasteiger partial charge in [-0.3, -0.25) is 24.5 Å². The van der Waals surface area contributed by atoms with Gasteiger partial charge in [-0.2, -0.15) is 11.8 Å². The van der Waals surface area contributed by atoms with Crippen molar-refractivity contribution in [3.8, 4) is 0 Å². The van der Waals surface area contributed by atoms with Crippen LogP contribution in [0.4, 0.5) is 21.0 Å². The number of aliphatic imine (C=N–C) groups is 2. The van der Waals surface area contributed by atoms with Crippen LogP contribution in [0, 0.1) is 0 Å². The number of anilines is 2. The Labute approximate surface area is 360 Å². The number of nitrogens with one attached hydrogen (secondary N) is 6. The quantitative estimate of drug-likeness (QED) is 0.0356. The van der Waals surface area contributed by atoms with Crippen LogP contribution in [0.15, 0.2) is 45.2 Å². The summed E-state index contributed by atoms with van der Waals surface area (Å²) in [7, 11) is 0. The molecule has 3 saturated heterocycles. The average Bonchev–Trinajstić information content (AvgIpc) is 4.01. The maximum atomic E-state index is 13.1. The molecule has 0 aromatic heterocycles. The van der Waals surface area contributed by atoms with Gasteiger partial charge < -0.3 is 57.9 Å². The van der Waals surface area contributed by atoms with Crippen molar-refractivity contribution in [3.05, 3.63) is 35.2 Å². The van der Waals surface area contributed by atoms with Gasteiger partial charge in [-0.1, -0.05) is 12.8 Å². The number of hydrogen-bond donors (Lipinski definition) is 10. The van der Waals surface area contributed by atoms with Gasteiger partial charge in [0, 0.05) is 67.4 Å². The van der Waals surface area contributed by atoms with Crippen LogP contribution >= 0.6 is 23.5 Å². The Morgan fingerprint density at radius 2 is 1.70 bits per heavy atom. The summed E-state index contributed by atoms with van der Waals surface area (Å²) >= 11 is 3.04. The van der Waals surface area contributed by atoms with Gasteiger partial charge in [0.25, 0.3) is 11.8 Å². The molecule has 1 aromatic carbocycles. The first-order valence-electron chi connectivity index (χ1n) is 20.4. The van der Waals surface area contributed by atoms with E-state index in [1.165, 1.54) is 47.0 Å². The lowest BCUT2D eigenvalue weighted by Gasteiger charge is -2.48. The molecule has 330 valence electrons. The monoisotopic (exact) mass is 884 g/mol. The van der Waals surface area contributed by atoms with E-state index in [1.807, 2.05) is 11.8 Å². The minimum absolute atomic E-state index is 0.0204. The number of carbonyl (C=O) groups excluding carboxylic acids is 6. The van der Waals surface area contributed by atoms with Gasteiger partial charge in [-0.05, 0) is 49.9 Å². The van der Waals surface area contributed by atoms with Crippen molar-refractivity contribution in [2.45, 2.75) is 98.7 Å². The zero-order valence-corrected chi connectivity index (χ0v) is 35.0. The molecular weight excluding hydrogens is 833 g/mol. The summed E-state index contributed by atoms with van der Waals surface area (Å²) < 4.78 is 5.39. The second-order valence-electron chi connectivity index (χ2n) is 15.6. The number of amides is 7. The summed E-state index contributed by atoms with van der Waals surface area (Å²) in [4.78, 5) is 86.1. The highest BCUT2D eigenvalue weighted by Crippen LogP contribution is 2.44. The van der Waals surface area contributed by atoms with Gasteiger partial charge >= 0.3 is 12.1 Å². The molecule has 6 atom stereocenters. The number of unbranched alkanes of at least 4 members (excludes halogenated alkanes) is 3. The predicted molar refractivity (Wildman–Crippen MR) is 228 cm³/mol. The van der Waals surface area contributed by atoms with E-state index < -0.39 is 41.4 Å². The lowest BCUT2D eigenvalue weighted by Crippen LogP contribution is -2.76. The van der Waals surface area contributed by atoms with Crippen LogP contribution in [0.3, 0.4) is 0 Å². The zero-order valence-electron chi connectivity index (χ0n) is 33.4. The number of guanidine groups is 2. The summed E-state index contributed by atoms with van der Waals surface area (Å²) in [5.41, 5.74) is 11.1. The van der Waals surface area contributed by atoms with Crippen LogP contribution in [0.5, 0.6) is 0 Å². The first-order chi connectivity index (χ1) is 29.3. The molecule has 12 N–H and O–H groups in total. The first kappa shape index (κ1) is 43.8. The third-order valence-corrected chi connectivity index (χ3v) is 14.0. The van der Waals surface area contributed by atoms with Gasteiger partial charge in [0.2, 0.25) is 17.6 Å². The normalized spacial score (nSPS) is 26.9. The largest absolute Gasteiger partial charge is 0.447 e. The minimum atomic E-state index is -2.24. The summed E-state index contributed by atoms with van der Waals surface area (Å²) in [6, 6.07) is 4.52. The molecule has 23 heteroatoms. The molecule has 21 nitrogen and oxygen atoms in total. The first-order valence-corrected chi connectivity index (χ1v) is 22.4. The topological polar surface area (TPSA) is 308 Å². The van der Waals surface area contributed by atoms with E-state index in [1.54, 1.807) is 0 Å². The van der Waals surface area contributed by atoms with E-state index in [2.05, 4.69) is 41.9 Å². The van der Waals surface area contributed by atoms with Crippen LogP contribution in [-0.2, 0) is 23.9 Å². The third-order valence-electron chi connectivity index (χ3n) is 11.5. The van der Waals surface area contributed by atoms with Gasteiger partial charge in [-0.25, -0.2) is 24.5 Å². The van der Waals surface area contributed by atoms with Gasteiger partial charge in [-0.15, -0.1) is 11.8 Å². The Hall–Kier alpha value is -5.26. The number of fused-ring (bicyclic) bond motifs is 1. The maximum Gasteiger partial charge on any atom is 0.411 e. The van der Waals surface area contributed by atoms with Crippen molar-refractivity contribution in [2.24, 2.45) is 21.5 Å². The second kappa shape index (κ2) is 18.8.